The zero-order chi connectivity index (χ0) is 13.5. The summed E-state index contributed by atoms with van der Waals surface area (Å²) in [4.78, 5) is 21.0. The second-order valence-corrected chi connectivity index (χ2v) is 3.37. The molecule has 1 aromatic rings. The van der Waals surface area contributed by atoms with Crippen molar-refractivity contribution in [2.75, 3.05) is 21.3 Å². The van der Waals surface area contributed by atoms with E-state index in [1.54, 1.807) is 12.1 Å². The number of ether oxygens (including phenoxy) is 3. The quantitative estimate of drug-likeness (QED) is 0.591. The summed E-state index contributed by atoms with van der Waals surface area (Å²) in [5, 5.41) is 2.43. The van der Waals surface area contributed by atoms with Crippen molar-refractivity contribution in [3.8, 4) is 17.2 Å². The molecule has 6 nitrogen and oxygen atoms in total. The van der Waals surface area contributed by atoms with E-state index in [2.05, 4.69) is 5.32 Å². The van der Waals surface area contributed by atoms with Crippen LogP contribution < -0.4 is 19.5 Å². The number of amides is 1. The van der Waals surface area contributed by atoms with Gasteiger partial charge in [0.15, 0.2) is 11.5 Å². The van der Waals surface area contributed by atoms with Crippen LogP contribution in [0.5, 0.6) is 17.2 Å². The fraction of sp³-hybridized carbons (Fsp3) is 0.333. The highest BCUT2D eigenvalue weighted by Gasteiger charge is 2.13. The second kappa shape index (κ2) is 6.48. The van der Waals surface area contributed by atoms with Crippen molar-refractivity contribution < 1.29 is 23.8 Å². The highest BCUT2D eigenvalue weighted by atomic mass is 16.5. The predicted molar refractivity (Wildman–Crippen MR) is 64.0 cm³/mol. The van der Waals surface area contributed by atoms with Crippen molar-refractivity contribution in [3.05, 3.63) is 17.7 Å². The molecule has 0 aromatic heterocycles. The number of hydrogen-bond acceptors (Lipinski definition) is 5. The van der Waals surface area contributed by atoms with Crippen molar-refractivity contribution in [1.82, 2.24) is 5.32 Å². The number of benzene rings is 1. The minimum Gasteiger partial charge on any atom is -0.493 e. The van der Waals surface area contributed by atoms with Crippen molar-refractivity contribution in [1.29, 1.82) is 0 Å². The zero-order valence-corrected chi connectivity index (χ0v) is 10.5. The van der Waals surface area contributed by atoms with Gasteiger partial charge in [0.2, 0.25) is 12.0 Å². The number of rotatable bonds is 6. The van der Waals surface area contributed by atoms with Gasteiger partial charge >= 0.3 is 0 Å². The van der Waals surface area contributed by atoms with Gasteiger partial charge in [-0.2, -0.15) is 0 Å². The van der Waals surface area contributed by atoms with Crippen LogP contribution in [0.15, 0.2) is 12.1 Å². The van der Waals surface area contributed by atoms with Gasteiger partial charge < -0.3 is 19.5 Å². The van der Waals surface area contributed by atoms with Gasteiger partial charge in [-0.25, -0.2) is 0 Å². The number of hydrogen-bond donors (Lipinski definition) is 1. The lowest BCUT2D eigenvalue weighted by Crippen LogP contribution is -2.23. The van der Waals surface area contributed by atoms with Crippen LogP contribution >= 0.6 is 0 Å². The standard InChI is InChI=1S/C12H15NO5/c1-16-9-4-8(6-13-11(15)7-14)5-10(17-2)12(9)18-3/h4-5,7H,6H2,1-3H3,(H,13,15). The Morgan fingerprint density at radius 3 is 2.11 bits per heavy atom. The summed E-state index contributed by atoms with van der Waals surface area (Å²) in [6.07, 6.45) is 0.220. The number of aldehydes is 1. The third kappa shape index (κ3) is 3.13. The zero-order valence-electron chi connectivity index (χ0n) is 10.5. The summed E-state index contributed by atoms with van der Waals surface area (Å²) in [7, 11) is 4.52. The van der Waals surface area contributed by atoms with E-state index in [1.807, 2.05) is 0 Å². The molecule has 0 aliphatic rings. The van der Waals surface area contributed by atoms with Crippen LogP contribution in [0.2, 0.25) is 0 Å². The molecule has 0 unspecified atom stereocenters. The Morgan fingerprint density at radius 1 is 1.17 bits per heavy atom. The third-order valence-corrected chi connectivity index (χ3v) is 2.30. The molecule has 1 rings (SSSR count). The van der Waals surface area contributed by atoms with Gasteiger partial charge in [-0.05, 0) is 17.7 Å². The Hall–Kier alpha value is -2.24. The molecule has 0 saturated heterocycles. The monoisotopic (exact) mass is 253 g/mol. The highest BCUT2D eigenvalue weighted by Crippen LogP contribution is 2.38. The van der Waals surface area contributed by atoms with Gasteiger partial charge in [0.25, 0.3) is 5.91 Å². The van der Waals surface area contributed by atoms with Crippen molar-refractivity contribution in [2.45, 2.75) is 6.54 Å². The maximum atomic E-state index is 10.9. The molecule has 0 saturated carbocycles. The van der Waals surface area contributed by atoms with Crippen LogP contribution in [-0.2, 0) is 16.1 Å². The molecule has 0 spiro atoms. The first-order valence-electron chi connectivity index (χ1n) is 5.18. The van der Waals surface area contributed by atoms with Gasteiger partial charge in [-0.3, -0.25) is 9.59 Å². The lowest BCUT2D eigenvalue weighted by molar-refractivity contribution is -0.131. The first-order chi connectivity index (χ1) is 8.65. The Balaban J connectivity index is 2.99. The lowest BCUT2D eigenvalue weighted by atomic mass is 10.2. The molecule has 1 amide bonds. The average Bonchev–Trinajstić information content (AvgIpc) is 2.43. The third-order valence-electron chi connectivity index (χ3n) is 2.30. The largest absolute Gasteiger partial charge is 0.493 e. The van der Waals surface area contributed by atoms with Gasteiger partial charge in [0.1, 0.15) is 0 Å². The SMILES string of the molecule is COc1cc(CNC(=O)C=O)cc(OC)c1OC. The first-order valence-corrected chi connectivity index (χ1v) is 5.18. The minimum atomic E-state index is -0.677. The normalized spacial score (nSPS) is 9.50. The number of methoxy groups -OCH3 is 3. The molecule has 1 N–H and O–H groups in total. The Kier molecular flexibility index (Phi) is 4.98. The summed E-state index contributed by atoms with van der Waals surface area (Å²) in [6.45, 7) is 0.203. The topological polar surface area (TPSA) is 73.9 Å². The van der Waals surface area contributed by atoms with Crippen LogP contribution in [0.3, 0.4) is 0 Å². The van der Waals surface area contributed by atoms with Gasteiger partial charge in [0, 0.05) is 6.54 Å². The first kappa shape index (κ1) is 13.8. The fourth-order valence-corrected chi connectivity index (χ4v) is 1.47. The maximum Gasteiger partial charge on any atom is 0.284 e. The van der Waals surface area contributed by atoms with E-state index in [-0.39, 0.29) is 12.8 Å². The minimum absolute atomic E-state index is 0.203. The molecule has 0 fully saturated rings. The maximum absolute atomic E-state index is 10.9. The fourth-order valence-electron chi connectivity index (χ4n) is 1.47. The summed E-state index contributed by atoms with van der Waals surface area (Å²) in [5.74, 6) is 0.786. The van der Waals surface area contributed by atoms with E-state index < -0.39 is 5.91 Å². The molecule has 0 atom stereocenters. The molecule has 0 aliphatic heterocycles. The summed E-state index contributed by atoms with van der Waals surface area (Å²) < 4.78 is 15.5. The van der Waals surface area contributed by atoms with Gasteiger partial charge in [-0.1, -0.05) is 0 Å². The molecule has 0 radical (unpaired) electrons. The molecule has 1 aromatic carbocycles. The van der Waals surface area contributed by atoms with Gasteiger partial charge in [0.05, 0.1) is 21.3 Å². The molecule has 0 aliphatic carbocycles. The summed E-state index contributed by atoms with van der Waals surface area (Å²) in [6, 6.07) is 3.40. The highest BCUT2D eigenvalue weighted by molar-refractivity contribution is 6.23. The Bertz CT molecular complexity index is 419. The molecular formula is C12H15NO5. The van der Waals surface area contributed by atoms with E-state index in [9.17, 15) is 9.59 Å². The number of carbonyl (C=O) groups excluding carboxylic acids is 2. The van der Waals surface area contributed by atoms with Crippen LogP contribution in [0.25, 0.3) is 0 Å². The lowest BCUT2D eigenvalue weighted by Gasteiger charge is -2.14. The summed E-state index contributed by atoms with van der Waals surface area (Å²) in [5.41, 5.74) is 0.736. The van der Waals surface area contributed by atoms with Crippen molar-refractivity contribution in [3.63, 3.8) is 0 Å². The summed E-state index contributed by atoms with van der Waals surface area (Å²) >= 11 is 0. The smallest absolute Gasteiger partial charge is 0.284 e. The molecule has 98 valence electrons. The molecule has 0 bridgehead atoms. The average molecular weight is 253 g/mol. The Morgan fingerprint density at radius 2 is 1.72 bits per heavy atom. The Labute approximate surface area is 105 Å². The molecule has 18 heavy (non-hydrogen) atoms. The van der Waals surface area contributed by atoms with Crippen LogP contribution in [0.4, 0.5) is 0 Å². The van der Waals surface area contributed by atoms with Crippen LogP contribution in [0, 0.1) is 0 Å². The second-order valence-electron chi connectivity index (χ2n) is 3.37. The number of nitrogens with one attached hydrogen (secondary N) is 1. The van der Waals surface area contributed by atoms with E-state index in [1.165, 1.54) is 21.3 Å². The van der Waals surface area contributed by atoms with E-state index in [0.29, 0.717) is 17.2 Å². The van der Waals surface area contributed by atoms with E-state index >= 15 is 0 Å². The van der Waals surface area contributed by atoms with Crippen molar-refractivity contribution in [2.24, 2.45) is 0 Å². The van der Waals surface area contributed by atoms with Crippen LogP contribution in [-0.4, -0.2) is 33.5 Å². The van der Waals surface area contributed by atoms with Crippen molar-refractivity contribution >= 4 is 12.2 Å². The van der Waals surface area contributed by atoms with E-state index in [0.717, 1.165) is 5.56 Å². The molecule has 6 heteroatoms. The predicted octanol–water partition coefficient (Wildman–Crippen LogP) is 0.527. The van der Waals surface area contributed by atoms with Crippen LogP contribution in [0.1, 0.15) is 5.56 Å². The molecule has 0 heterocycles. The number of carbonyl (C=O) groups is 2. The van der Waals surface area contributed by atoms with E-state index in [4.69, 9.17) is 14.2 Å². The molecular weight excluding hydrogens is 238 g/mol. The van der Waals surface area contributed by atoms with Gasteiger partial charge in [-0.15, -0.1) is 0 Å².